The van der Waals surface area contributed by atoms with Gasteiger partial charge in [-0.25, -0.2) is 0 Å². The first kappa shape index (κ1) is 32.5. The van der Waals surface area contributed by atoms with Gasteiger partial charge in [0.25, 0.3) is 0 Å². The average Bonchev–Trinajstić information content (AvgIpc) is 3.66. The number of nitrogens with two attached hydrogens (primary N) is 1. The van der Waals surface area contributed by atoms with Crippen LogP contribution in [0.4, 0.5) is 0 Å². The Morgan fingerprint density at radius 1 is 0.658 bits per heavy atom. The molecule has 0 radical (unpaired) electrons. The Balaban J connectivity index is 0.000000260. The van der Waals surface area contributed by atoms with Crippen molar-refractivity contribution in [2.24, 2.45) is 10.9 Å². The van der Waals surface area contributed by atoms with E-state index in [0.717, 1.165) is 30.4 Å². The van der Waals surface area contributed by atoms with Gasteiger partial charge in [-0.05, 0) is 41.5 Å². The van der Waals surface area contributed by atoms with E-state index in [0.29, 0.717) is 30.2 Å². The van der Waals surface area contributed by atoms with Crippen molar-refractivity contribution < 1.29 is 14.8 Å². The fraction of sp³-hybridized carbons (Fsp3) is 0.364. The molecule has 0 atom stereocenters. The summed E-state index contributed by atoms with van der Waals surface area (Å²) in [5.74, 6) is 0.142. The van der Waals surface area contributed by atoms with Gasteiger partial charge in [-0.2, -0.15) is 0 Å². The van der Waals surface area contributed by atoms with Crippen LogP contribution in [0.2, 0.25) is 0 Å². The first-order chi connectivity index (χ1) is 18.6. The largest absolute Gasteiger partial charge is 0.411 e. The third kappa shape index (κ3) is 8.77. The molecule has 0 saturated heterocycles. The van der Waals surface area contributed by atoms with E-state index in [1.54, 1.807) is 12.1 Å². The Morgan fingerprint density at radius 3 is 1.58 bits per heavy atom. The molecular formula is C33H44N2O3. The quantitative estimate of drug-likeness (QED) is 0.243. The molecular weight excluding hydrogens is 472 g/mol. The number of fused-ring (bicyclic) bond motifs is 3. The molecule has 3 aliphatic rings. The van der Waals surface area contributed by atoms with Crippen molar-refractivity contribution in [1.82, 2.24) is 0 Å². The summed E-state index contributed by atoms with van der Waals surface area (Å²) in [6, 6.07) is 24.0. The number of carbonyl (C=O) groups is 2. The molecule has 0 fully saturated rings. The van der Waals surface area contributed by atoms with Crippen LogP contribution < -0.4 is 5.73 Å². The minimum absolute atomic E-state index is 0.159. The first-order valence-electron chi connectivity index (χ1n) is 13.8. The van der Waals surface area contributed by atoms with Crippen molar-refractivity contribution in [2.45, 2.75) is 79.7 Å². The highest BCUT2D eigenvalue weighted by Crippen LogP contribution is 2.21. The summed E-state index contributed by atoms with van der Waals surface area (Å²) in [5, 5.41) is 11.4. The van der Waals surface area contributed by atoms with Crippen LogP contribution in [-0.4, -0.2) is 28.5 Å². The lowest BCUT2D eigenvalue weighted by molar-refractivity contribution is 0.0993. The number of hydrogen-bond acceptors (Lipinski definition) is 5. The summed E-state index contributed by atoms with van der Waals surface area (Å²) in [7, 11) is 0. The number of ketones is 2. The number of rotatable bonds is 0. The second-order valence-electron chi connectivity index (χ2n) is 8.23. The first-order valence-corrected chi connectivity index (χ1v) is 13.8. The SMILES string of the molecule is CC.CC.CC.NC1Cc2ccccc2C1.O=C1/C(=N\O)Cc2ccccc21.O=C1CCc2ccccc21. The molecule has 204 valence electrons. The predicted molar refractivity (Wildman–Crippen MR) is 159 cm³/mol. The van der Waals surface area contributed by atoms with Gasteiger partial charge in [-0.1, -0.05) is 119 Å². The summed E-state index contributed by atoms with van der Waals surface area (Å²) >= 11 is 0. The number of Topliss-reactive ketones (excluding diaryl/α,β-unsaturated/α-hetero) is 2. The van der Waals surface area contributed by atoms with Crippen molar-refractivity contribution in [2.75, 3.05) is 0 Å². The van der Waals surface area contributed by atoms with Gasteiger partial charge in [-0.15, -0.1) is 0 Å². The van der Waals surface area contributed by atoms with Crippen LogP contribution in [0.3, 0.4) is 0 Å². The third-order valence-corrected chi connectivity index (χ3v) is 6.02. The number of benzene rings is 3. The van der Waals surface area contributed by atoms with Gasteiger partial charge in [-0.3, -0.25) is 9.59 Å². The number of aryl methyl sites for hydroxylation is 1. The molecule has 3 aromatic carbocycles. The fourth-order valence-electron chi connectivity index (χ4n) is 4.38. The molecule has 6 rings (SSSR count). The molecule has 0 amide bonds. The van der Waals surface area contributed by atoms with Crippen LogP contribution in [0.1, 0.15) is 90.9 Å². The maximum absolute atomic E-state index is 11.3. The molecule has 38 heavy (non-hydrogen) atoms. The van der Waals surface area contributed by atoms with Crippen molar-refractivity contribution in [1.29, 1.82) is 0 Å². The van der Waals surface area contributed by atoms with Gasteiger partial charge < -0.3 is 10.9 Å². The van der Waals surface area contributed by atoms with E-state index < -0.39 is 0 Å². The van der Waals surface area contributed by atoms with E-state index in [2.05, 4.69) is 29.4 Å². The molecule has 0 aliphatic heterocycles. The molecule has 0 heterocycles. The molecule has 0 unspecified atom stereocenters. The molecule has 0 aromatic heterocycles. The Morgan fingerprint density at radius 2 is 1.11 bits per heavy atom. The monoisotopic (exact) mass is 516 g/mol. The zero-order chi connectivity index (χ0) is 28.5. The van der Waals surface area contributed by atoms with Gasteiger partial charge in [0.15, 0.2) is 5.78 Å². The number of hydrogen-bond donors (Lipinski definition) is 2. The Bertz CT molecular complexity index is 1160. The van der Waals surface area contributed by atoms with Crippen molar-refractivity contribution in [3.05, 3.63) is 106 Å². The third-order valence-electron chi connectivity index (χ3n) is 6.02. The number of nitrogens with zero attached hydrogens (tertiary/aromatic N) is 1. The second-order valence-corrected chi connectivity index (χ2v) is 8.23. The highest BCUT2D eigenvalue weighted by atomic mass is 16.4. The summed E-state index contributed by atoms with van der Waals surface area (Å²) in [6.45, 7) is 12.0. The standard InChI is InChI=1S/C9H7NO2.C9H11N.C9H8O.3C2H6/c11-9-7-4-2-1-3-6(7)5-8(9)10-12;10-9-5-7-3-1-2-4-8(7)6-9;10-9-6-5-7-3-1-2-4-8(7)9;3*1-2/h1-4,12H,5H2;1-4,9H,5-6,10H2;1-4H,5-6H2;3*1-2H3/b10-8-;;;;;. The van der Waals surface area contributed by atoms with Crippen LogP contribution in [0, 0.1) is 0 Å². The van der Waals surface area contributed by atoms with Gasteiger partial charge in [0.05, 0.1) is 0 Å². The van der Waals surface area contributed by atoms with Crippen LogP contribution in [0.5, 0.6) is 0 Å². The van der Waals surface area contributed by atoms with Crippen LogP contribution in [-0.2, 0) is 25.7 Å². The zero-order valence-corrected chi connectivity index (χ0v) is 23.8. The summed E-state index contributed by atoms with van der Waals surface area (Å²) in [4.78, 5) is 22.4. The normalized spacial score (nSPS) is 14.9. The summed E-state index contributed by atoms with van der Waals surface area (Å²) in [6.07, 6.45) is 4.23. The van der Waals surface area contributed by atoms with Gasteiger partial charge >= 0.3 is 0 Å². The number of oxime groups is 1. The minimum Gasteiger partial charge on any atom is -0.411 e. The topological polar surface area (TPSA) is 92.8 Å². The van der Waals surface area contributed by atoms with Crippen LogP contribution >= 0.6 is 0 Å². The molecule has 3 aromatic rings. The van der Waals surface area contributed by atoms with E-state index in [9.17, 15) is 9.59 Å². The Labute approximate surface area is 228 Å². The maximum atomic E-state index is 11.3. The Hall–Kier alpha value is -3.57. The molecule has 0 bridgehead atoms. The van der Waals surface area contributed by atoms with Crippen LogP contribution in [0.25, 0.3) is 0 Å². The lowest BCUT2D eigenvalue weighted by Crippen LogP contribution is -2.18. The van der Waals surface area contributed by atoms with Crippen molar-refractivity contribution >= 4 is 17.3 Å². The minimum atomic E-state index is -0.159. The summed E-state index contributed by atoms with van der Waals surface area (Å²) in [5.41, 5.74) is 12.6. The van der Waals surface area contributed by atoms with E-state index >= 15 is 0 Å². The Kier molecular flexibility index (Phi) is 15.2. The lowest BCUT2D eigenvalue weighted by Gasteiger charge is -1.94. The number of carbonyl (C=O) groups excluding carboxylic acids is 2. The van der Waals surface area contributed by atoms with Crippen molar-refractivity contribution in [3.63, 3.8) is 0 Å². The molecule has 0 spiro atoms. The van der Waals surface area contributed by atoms with Crippen LogP contribution in [0.15, 0.2) is 78.0 Å². The fourth-order valence-corrected chi connectivity index (χ4v) is 4.38. The van der Waals surface area contributed by atoms with Gasteiger partial charge in [0.2, 0.25) is 5.78 Å². The molecule has 3 aliphatic carbocycles. The molecule has 0 saturated carbocycles. The van der Waals surface area contributed by atoms with E-state index in [-0.39, 0.29) is 11.5 Å². The van der Waals surface area contributed by atoms with E-state index in [1.807, 2.05) is 77.9 Å². The van der Waals surface area contributed by atoms with Gasteiger partial charge in [0.1, 0.15) is 5.71 Å². The second kappa shape index (κ2) is 17.8. The average molecular weight is 517 g/mol. The maximum Gasteiger partial charge on any atom is 0.211 e. The van der Waals surface area contributed by atoms with E-state index in [4.69, 9.17) is 10.9 Å². The summed E-state index contributed by atoms with van der Waals surface area (Å²) < 4.78 is 0. The molecule has 3 N–H and O–H groups in total. The lowest BCUT2D eigenvalue weighted by atomic mass is 10.1. The van der Waals surface area contributed by atoms with Gasteiger partial charge in [0, 0.05) is 30.0 Å². The van der Waals surface area contributed by atoms with Crippen molar-refractivity contribution in [3.8, 4) is 0 Å². The highest BCUT2D eigenvalue weighted by molar-refractivity contribution is 6.49. The molecule has 5 nitrogen and oxygen atoms in total. The highest BCUT2D eigenvalue weighted by Gasteiger charge is 2.25. The smallest absolute Gasteiger partial charge is 0.211 e. The molecule has 5 heteroatoms. The predicted octanol–water partition coefficient (Wildman–Crippen LogP) is 7.26. The zero-order valence-electron chi connectivity index (χ0n) is 23.8. The van der Waals surface area contributed by atoms with E-state index in [1.165, 1.54) is 16.7 Å².